The number of hydrogen-bond donors (Lipinski definition) is 3. The van der Waals surface area contributed by atoms with Crippen molar-refractivity contribution in [3.05, 3.63) is 40.3 Å². The maximum absolute atomic E-state index is 10.6. The van der Waals surface area contributed by atoms with Crippen LogP contribution in [0.2, 0.25) is 0 Å². The fourth-order valence-corrected chi connectivity index (χ4v) is 2.97. The fourth-order valence-electron chi connectivity index (χ4n) is 2.97. The molecule has 4 N–H and O–H groups in total. The first-order chi connectivity index (χ1) is 20.2. The molecule has 246 valence electrons. The summed E-state index contributed by atoms with van der Waals surface area (Å²) in [4.78, 5) is 22.9. The number of halogens is 6. The second kappa shape index (κ2) is 22.2. The third kappa shape index (κ3) is 22.9. The van der Waals surface area contributed by atoms with E-state index in [0.717, 1.165) is 38.2 Å². The SMILES string of the molecule is O=C(O)C(F)(F)F.O=C(O)C(F)(F)F.[N-]=[N+]=NCCOCCOCCOCCOc1ccc(CN2CCC(N)CC2)cc1. The van der Waals surface area contributed by atoms with E-state index < -0.39 is 24.3 Å². The number of nitrogens with two attached hydrogens (primary N) is 1. The molecule has 0 aliphatic carbocycles. The molecule has 19 heteroatoms. The first-order valence-corrected chi connectivity index (χ1v) is 12.7. The first kappa shape index (κ1) is 39.6. The Morgan fingerprint density at radius 1 is 0.860 bits per heavy atom. The average molecular weight is 636 g/mol. The van der Waals surface area contributed by atoms with Crippen molar-refractivity contribution in [1.82, 2.24) is 4.90 Å². The van der Waals surface area contributed by atoms with Crippen molar-refractivity contribution in [3.63, 3.8) is 0 Å². The Morgan fingerprint density at radius 3 is 1.70 bits per heavy atom. The highest BCUT2D eigenvalue weighted by molar-refractivity contribution is 5.73. The van der Waals surface area contributed by atoms with Crippen molar-refractivity contribution in [2.45, 2.75) is 37.8 Å². The van der Waals surface area contributed by atoms with Gasteiger partial charge in [-0.3, -0.25) is 4.90 Å². The van der Waals surface area contributed by atoms with Crippen LogP contribution in [0.5, 0.6) is 5.75 Å². The maximum Gasteiger partial charge on any atom is 0.490 e. The average Bonchev–Trinajstić information content (AvgIpc) is 2.93. The number of hydrogen-bond acceptors (Lipinski definition) is 9. The summed E-state index contributed by atoms with van der Waals surface area (Å²) in [5, 5.41) is 17.6. The number of carbonyl (C=O) groups is 2. The molecule has 0 radical (unpaired) electrons. The second-order valence-corrected chi connectivity index (χ2v) is 8.50. The van der Waals surface area contributed by atoms with E-state index in [2.05, 4.69) is 27.1 Å². The van der Waals surface area contributed by atoms with Crippen LogP contribution in [0.3, 0.4) is 0 Å². The van der Waals surface area contributed by atoms with Crippen LogP contribution >= 0.6 is 0 Å². The lowest BCUT2D eigenvalue weighted by Crippen LogP contribution is -2.39. The minimum Gasteiger partial charge on any atom is -0.491 e. The van der Waals surface area contributed by atoms with Gasteiger partial charge >= 0.3 is 24.3 Å². The van der Waals surface area contributed by atoms with Gasteiger partial charge in [-0.15, -0.1) is 0 Å². The van der Waals surface area contributed by atoms with E-state index in [1.165, 1.54) is 5.56 Å². The number of piperidine rings is 1. The molecule has 1 aliphatic heterocycles. The predicted octanol–water partition coefficient (Wildman–Crippen LogP) is 3.62. The summed E-state index contributed by atoms with van der Waals surface area (Å²) >= 11 is 0. The molecule has 13 nitrogen and oxygen atoms in total. The van der Waals surface area contributed by atoms with Crippen molar-refractivity contribution in [2.24, 2.45) is 10.8 Å². The smallest absolute Gasteiger partial charge is 0.490 e. The molecule has 0 atom stereocenters. The van der Waals surface area contributed by atoms with Crippen molar-refractivity contribution in [2.75, 3.05) is 65.9 Å². The Kier molecular flexibility index (Phi) is 20.5. The Bertz CT molecular complexity index is 931. The Morgan fingerprint density at radius 2 is 1.28 bits per heavy atom. The van der Waals surface area contributed by atoms with Crippen LogP contribution in [0.15, 0.2) is 29.4 Å². The molecular formula is C24H35F6N5O8. The van der Waals surface area contributed by atoms with Crippen LogP contribution < -0.4 is 10.5 Å². The molecule has 0 saturated carbocycles. The number of carboxylic acid groups (broad SMARTS) is 2. The Hall–Kier alpha value is -3.35. The number of aliphatic carboxylic acids is 2. The van der Waals surface area contributed by atoms with Gasteiger partial charge in [-0.1, -0.05) is 17.2 Å². The second-order valence-electron chi connectivity index (χ2n) is 8.50. The summed E-state index contributed by atoms with van der Waals surface area (Å²) in [6, 6.07) is 8.62. The molecule has 0 unspecified atom stereocenters. The largest absolute Gasteiger partial charge is 0.491 e. The number of azide groups is 1. The summed E-state index contributed by atoms with van der Waals surface area (Å²) in [6.07, 6.45) is -8.00. The van der Waals surface area contributed by atoms with Gasteiger partial charge in [0.15, 0.2) is 0 Å². The molecule has 0 amide bonds. The number of nitrogens with zero attached hydrogens (tertiary/aromatic N) is 4. The van der Waals surface area contributed by atoms with Crippen LogP contribution in [0.1, 0.15) is 18.4 Å². The van der Waals surface area contributed by atoms with E-state index in [-0.39, 0.29) is 0 Å². The van der Waals surface area contributed by atoms with Crippen molar-refractivity contribution < 1.29 is 65.1 Å². The van der Waals surface area contributed by atoms with Crippen LogP contribution in [0.25, 0.3) is 10.4 Å². The topological polar surface area (TPSA) is 190 Å². The number of carboxylic acids is 2. The van der Waals surface area contributed by atoms with Gasteiger partial charge in [0, 0.05) is 24.0 Å². The van der Waals surface area contributed by atoms with E-state index >= 15 is 0 Å². The van der Waals surface area contributed by atoms with Gasteiger partial charge in [0.25, 0.3) is 0 Å². The quantitative estimate of drug-likeness (QED) is 0.0844. The normalized spacial score (nSPS) is 13.9. The van der Waals surface area contributed by atoms with E-state index in [1.807, 2.05) is 12.1 Å². The van der Waals surface area contributed by atoms with Crippen molar-refractivity contribution in [3.8, 4) is 5.75 Å². The summed E-state index contributed by atoms with van der Waals surface area (Å²) in [6.45, 7) is 6.89. The zero-order valence-corrected chi connectivity index (χ0v) is 23.1. The standard InChI is InChI=1S/C20H33N5O4.2C2HF3O2/c21-19-5-8-25(9-6-19)17-18-1-3-20(4-2-18)29-16-15-28-14-13-27-12-11-26-10-7-23-24-22;2*3-2(4,5)1(6)7/h1-4,19H,5-17,21H2;2*(H,6,7). The summed E-state index contributed by atoms with van der Waals surface area (Å²) < 4.78 is 85.3. The summed E-state index contributed by atoms with van der Waals surface area (Å²) in [5.74, 6) is -4.66. The predicted molar refractivity (Wildman–Crippen MR) is 138 cm³/mol. The molecule has 0 bridgehead atoms. The third-order valence-electron chi connectivity index (χ3n) is 5.09. The lowest BCUT2D eigenvalue weighted by atomic mass is 10.1. The van der Waals surface area contributed by atoms with Gasteiger partial charge in [0.05, 0.1) is 39.6 Å². The third-order valence-corrected chi connectivity index (χ3v) is 5.09. The van der Waals surface area contributed by atoms with Crippen LogP contribution in [0.4, 0.5) is 26.3 Å². The van der Waals surface area contributed by atoms with E-state index in [4.69, 9.17) is 50.0 Å². The van der Waals surface area contributed by atoms with E-state index in [9.17, 15) is 26.3 Å². The van der Waals surface area contributed by atoms with Gasteiger partial charge in [0.2, 0.25) is 0 Å². The monoisotopic (exact) mass is 635 g/mol. The van der Waals surface area contributed by atoms with Gasteiger partial charge in [-0.05, 0) is 49.2 Å². The molecule has 1 aliphatic rings. The minimum atomic E-state index is -5.08. The fraction of sp³-hybridized carbons (Fsp3) is 0.667. The molecule has 2 rings (SSSR count). The highest BCUT2D eigenvalue weighted by Gasteiger charge is 2.38. The van der Waals surface area contributed by atoms with Crippen molar-refractivity contribution >= 4 is 11.9 Å². The van der Waals surface area contributed by atoms with Gasteiger partial charge in [0.1, 0.15) is 12.4 Å². The highest BCUT2D eigenvalue weighted by atomic mass is 19.4. The zero-order chi connectivity index (χ0) is 32.7. The zero-order valence-electron chi connectivity index (χ0n) is 23.1. The number of rotatable bonds is 15. The highest BCUT2D eigenvalue weighted by Crippen LogP contribution is 2.16. The summed E-state index contributed by atoms with van der Waals surface area (Å²) in [7, 11) is 0. The molecule has 1 fully saturated rings. The van der Waals surface area contributed by atoms with E-state index in [1.54, 1.807) is 0 Å². The van der Waals surface area contributed by atoms with E-state index in [0.29, 0.717) is 58.8 Å². The van der Waals surface area contributed by atoms with Crippen LogP contribution in [-0.4, -0.2) is 111 Å². The molecule has 0 aromatic heterocycles. The molecule has 1 saturated heterocycles. The van der Waals surface area contributed by atoms with Crippen molar-refractivity contribution in [1.29, 1.82) is 0 Å². The lowest BCUT2D eigenvalue weighted by molar-refractivity contribution is -0.193. The molecule has 1 heterocycles. The number of ether oxygens (including phenoxy) is 4. The summed E-state index contributed by atoms with van der Waals surface area (Å²) in [5.41, 5.74) is 15.4. The first-order valence-electron chi connectivity index (χ1n) is 12.7. The van der Waals surface area contributed by atoms with Gasteiger partial charge in [-0.2, -0.15) is 26.3 Å². The molecule has 1 aromatic carbocycles. The minimum absolute atomic E-state index is 0.343. The number of benzene rings is 1. The molecule has 0 spiro atoms. The van der Waals surface area contributed by atoms with Gasteiger partial charge in [-0.25, -0.2) is 9.59 Å². The Labute approximate surface area is 243 Å². The molecule has 1 aromatic rings. The molecule has 43 heavy (non-hydrogen) atoms. The maximum atomic E-state index is 10.6. The van der Waals surface area contributed by atoms with Gasteiger partial charge < -0.3 is 34.9 Å². The van der Waals surface area contributed by atoms with Crippen LogP contribution in [0, 0.1) is 0 Å². The Balaban J connectivity index is 0.00000104. The lowest BCUT2D eigenvalue weighted by Gasteiger charge is -2.30. The molecular weight excluding hydrogens is 600 g/mol. The number of likely N-dealkylation sites (tertiary alicyclic amines) is 1. The van der Waals surface area contributed by atoms with Crippen LogP contribution in [-0.2, 0) is 30.3 Å². The number of alkyl halides is 6.